The molecule has 0 aliphatic carbocycles. The Morgan fingerprint density at radius 3 is 2.34 bits per heavy atom. The molecule has 4 nitrogen and oxygen atoms in total. The van der Waals surface area contributed by atoms with Gasteiger partial charge in [0.05, 0.1) is 17.4 Å². The van der Waals surface area contributed by atoms with Crippen molar-refractivity contribution in [2.75, 3.05) is 26.2 Å². The van der Waals surface area contributed by atoms with Crippen LogP contribution in [-0.2, 0) is 10.2 Å². The molecule has 3 rings (SSSR count). The number of amides is 1. The van der Waals surface area contributed by atoms with E-state index in [0.717, 1.165) is 50.0 Å². The lowest BCUT2D eigenvalue weighted by molar-refractivity contribution is -0.123. The summed E-state index contributed by atoms with van der Waals surface area (Å²) >= 11 is 0. The normalized spacial score (nSPS) is 17.0. The Hall–Kier alpha value is -2.64. The quantitative estimate of drug-likeness (QED) is 0.591. The van der Waals surface area contributed by atoms with Crippen LogP contribution in [0, 0.1) is 31.1 Å². The summed E-state index contributed by atoms with van der Waals surface area (Å²) in [4.78, 5) is 15.4. The minimum Gasteiger partial charge on any atom is -0.356 e. The van der Waals surface area contributed by atoms with Gasteiger partial charge < -0.3 is 10.2 Å². The van der Waals surface area contributed by atoms with Gasteiger partial charge in [-0.05, 0) is 75.4 Å². The number of piperidine rings is 1. The maximum absolute atomic E-state index is 12.9. The zero-order valence-electron chi connectivity index (χ0n) is 20.0. The molecule has 0 saturated carbocycles. The molecule has 0 aromatic heterocycles. The highest BCUT2D eigenvalue weighted by Crippen LogP contribution is 2.35. The lowest BCUT2D eigenvalue weighted by atomic mass is 9.74. The lowest BCUT2D eigenvalue weighted by Crippen LogP contribution is -2.43. The number of nitriles is 1. The first-order chi connectivity index (χ1) is 15.4. The van der Waals surface area contributed by atoms with Crippen LogP contribution in [0.15, 0.2) is 48.5 Å². The Labute approximate surface area is 193 Å². The smallest absolute Gasteiger partial charge is 0.227 e. The molecule has 2 aromatic rings. The van der Waals surface area contributed by atoms with Gasteiger partial charge in [-0.25, -0.2) is 0 Å². The summed E-state index contributed by atoms with van der Waals surface area (Å²) in [6, 6.07) is 19.2. The maximum Gasteiger partial charge on any atom is 0.227 e. The van der Waals surface area contributed by atoms with Crippen LogP contribution >= 0.6 is 0 Å². The van der Waals surface area contributed by atoms with Gasteiger partial charge in [0.1, 0.15) is 0 Å². The highest BCUT2D eigenvalue weighted by molar-refractivity contribution is 5.84. The molecule has 1 unspecified atom stereocenters. The molecule has 32 heavy (non-hydrogen) atoms. The summed E-state index contributed by atoms with van der Waals surface area (Å²) in [6.45, 7) is 11.9. The SMILES string of the molecule is Cc1ccc(C2(C#N)CCN(CCCNC(=O)C(c3ccccc3C)C(C)C)CC2)cc1. The summed E-state index contributed by atoms with van der Waals surface area (Å²) in [6.07, 6.45) is 2.65. The van der Waals surface area contributed by atoms with Crippen molar-refractivity contribution in [2.45, 2.75) is 58.3 Å². The Bertz CT molecular complexity index is 934. The first-order valence-electron chi connectivity index (χ1n) is 11.9. The van der Waals surface area contributed by atoms with Gasteiger partial charge in [-0.1, -0.05) is 67.9 Å². The molecule has 1 N–H and O–H groups in total. The fourth-order valence-corrected chi connectivity index (χ4v) is 4.86. The van der Waals surface area contributed by atoms with Crippen molar-refractivity contribution < 1.29 is 4.79 Å². The van der Waals surface area contributed by atoms with E-state index in [1.165, 1.54) is 11.1 Å². The minimum atomic E-state index is -0.365. The van der Waals surface area contributed by atoms with E-state index in [2.05, 4.69) is 80.4 Å². The Morgan fingerprint density at radius 1 is 1.09 bits per heavy atom. The van der Waals surface area contributed by atoms with Crippen LogP contribution in [0.1, 0.15) is 61.3 Å². The van der Waals surface area contributed by atoms with Crippen LogP contribution in [0.3, 0.4) is 0 Å². The highest BCUT2D eigenvalue weighted by Gasteiger charge is 2.36. The number of aryl methyl sites for hydroxylation is 2. The van der Waals surface area contributed by atoms with Crippen molar-refractivity contribution in [3.63, 3.8) is 0 Å². The first kappa shape index (κ1) is 24.0. The molecule has 1 saturated heterocycles. The molecule has 1 aliphatic heterocycles. The first-order valence-corrected chi connectivity index (χ1v) is 11.9. The van der Waals surface area contributed by atoms with E-state index in [1.807, 2.05) is 12.1 Å². The van der Waals surface area contributed by atoms with Crippen LogP contribution in [0.2, 0.25) is 0 Å². The number of rotatable bonds is 8. The molecule has 1 atom stereocenters. The van der Waals surface area contributed by atoms with Crippen molar-refractivity contribution in [1.82, 2.24) is 10.2 Å². The number of hydrogen-bond acceptors (Lipinski definition) is 3. The molecule has 4 heteroatoms. The van der Waals surface area contributed by atoms with E-state index in [-0.39, 0.29) is 23.2 Å². The molecule has 1 heterocycles. The van der Waals surface area contributed by atoms with E-state index in [9.17, 15) is 10.1 Å². The van der Waals surface area contributed by atoms with Crippen molar-refractivity contribution >= 4 is 5.91 Å². The summed E-state index contributed by atoms with van der Waals surface area (Å²) in [5, 5.41) is 13.1. The topological polar surface area (TPSA) is 56.1 Å². The molecule has 1 aliphatic rings. The van der Waals surface area contributed by atoms with Gasteiger partial charge in [0.25, 0.3) is 0 Å². The molecular formula is C28H37N3O. The Morgan fingerprint density at radius 2 is 1.75 bits per heavy atom. The van der Waals surface area contributed by atoms with Crippen molar-refractivity contribution in [3.8, 4) is 6.07 Å². The number of hydrogen-bond donors (Lipinski definition) is 1. The predicted molar refractivity (Wildman–Crippen MR) is 131 cm³/mol. The van der Waals surface area contributed by atoms with E-state index >= 15 is 0 Å². The molecule has 0 spiro atoms. The molecule has 2 aromatic carbocycles. The second-order valence-electron chi connectivity index (χ2n) is 9.62. The largest absolute Gasteiger partial charge is 0.356 e. The van der Waals surface area contributed by atoms with Gasteiger partial charge >= 0.3 is 0 Å². The van der Waals surface area contributed by atoms with E-state index in [4.69, 9.17) is 0 Å². The van der Waals surface area contributed by atoms with Crippen molar-refractivity contribution in [1.29, 1.82) is 5.26 Å². The summed E-state index contributed by atoms with van der Waals surface area (Å²) in [5.41, 5.74) is 4.30. The van der Waals surface area contributed by atoms with E-state index in [1.54, 1.807) is 0 Å². The van der Waals surface area contributed by atoms with E-state index < -0.39 is 0 Å². The Kier molecular flexibility index (Phi) is 8.10. The van der Waals surface area contributed by atoms with Crippen LogP contribution in [-0.4, -0.2) is 37.0 Å². The van der Waals surface area contributed by atoms with Crippen molar-refractivity contribution in [2.24, 2.45) is 5.92 Å². The minimum absolute atomic E-state index is 0.114. The third kappa shape index (κ3) is 5.58. The highest BCUT2D eigenvalue weighted by atomic mass is 16.1. The maximum atomic E-state index is 12.9. The van der Waals surface area contributed by atoms with Crippen LogP contribution in [0.4, 0.5) is 0 Å². The third-order valence-electron chi connectivity index (χ3n) is 6.95. The zero-order chi connectivity index (χ0) is 23.1. The van der Waals surface area contributed by atoms with Crippen LogP contribution in [0.5, 0.6) is 0 Å². The van der Waals surface area contributed by atoms with Gasteiger partial charge in [-0.3, -0.25) is 4.79 Å². The number of benzene rings is 2. The number of carbonyl (C=O) groups excluding carboxylic acids is 1. The predicted octanol–water partition coefficient (Wildman–Crippen LogP) is 5.11. The fraction of sp³-hybridized carbons (Fsp3) is 0.500. The molecule has 0 radical (unpaired) electrons. The number of carbonyl (C=O) groups is 1. The number of likely N-dealkylation sites (tertiary alicyclic amines) is 1. The second-order valence-corrected chi connectivity index (χ2v) is 9.62. The lowest BCUT2D eigenvalue weighted by Gasteiger charge is -2.37. The Balaban J connectivity index is 1.47. The number of nitrogens with zero attached hydrogens (tertiary/aromatic N) is 2. The molecule has 1 amide bonds. The standard InChI is InChI=1S/C28H37N3O/c1-21(2)26(25-9-6-5-8-23(25)4)27(32)30-16-7-17-31-18-14-28(20-29,15-19-31)24-12-10-22(3)11-13-24/h5-6,8-13,21,26H,7,14-19H2,1-4H3,(H,30,32). The van der Waals surface area contributed by atoms with Crippen molar-refractivity contribution in [3.05, 3.63) is 70.8 Å². The van der Waals surface area contributed by atoms with Crippen LogP contribution in [0.25, 0.3) is 0 Å². The van der Waals surface area contributed by atoms with Gasteiger partial charge in [0.2, 0.25) is 5.91 Å². The summed E-state index contributed by atoms with van der Waals surface area (Å²) in [7, 11) is 0. The van der Waals surface area contributed by atoms with E-state index in [0.29, 0.717) is 6.54 Å². The molecule has 0 bridgehead atoms. The van der Waals surface area contributed by atoms with Gasteiger partial charge in [-0.15, -0.1) is 0 Å². The summed E-state index contributed by atoms with van der Waals surface area (Å²) in [5.74, 6) is 0.256. The molecule has 170 valence electrons. The van der Waals surface area contributed by atoms with Gasteiger partial charge in [0.15, 0.2) is 0 Å². The zero-order valence-corrected chi connectivity index (χ0v) is 20.0. The van der Waals surface area contributed by atoms with Crippen LogP contribution < -0.4 is 5.32 Å². The summed E-state index contributed by atoms with van der Waals surface area (Å²) < 4.78 is 0. The number of nitrogens with one attached hydrogen (secondary N) is 1. The van der Waals surface area contributed by atoms with Gasteiger partial charge in [-0.2, -0.15) is 5.26 Å². The average molecular weight is 432 g/mol. The second kappa shape index (κ2) is 10.8. The third-order valence-corrected chi connectivity index (χ3v) is 6.95. The monoisotopic (exact) mass is 431 g/mol. The molecular weight excluding hydrogens is 394 g/mol. The average Bonchev–Trinajstić information content (AvgIpc) is 2.79. The van der Waals surface area contributed by atoms with Gasteiger partial charge in [0, 0.05) is 6.54 Å². The molecule has 1 fully saturated rings. The fourth-order valence-electron chi connectivity index (χ4n) is 4.86.